The van der Waals surface area contributed by atoms with Crippen molar-refractivity contribution in [2.75, 3.05) is 32.4 Å². The summed E-state index contributed by atoms with van der Waals surface area (Å²) in [6.07, 6.45) is 7.70. The predicted molar refractivity (Wildman–Crippen MR) is 133 cm³/mol. The molecule has 8 heteroatoms. The number of nitrogens with zero attached hydrogens (tertiary/aromatic N) is 2. The van der Waals surface area contributed by atoms with Crippen LogP contribution < -0.4 is 4.72 Å². The molecule has 2 aliphatic heterocycles. The number of carbonyl (C=O) groups excluding carboxylic acids is 1. The van der Waals surface area contributed by atoms with Gasteiger partial charge in [0.2, 0.25) is 10.0 Å². The van der Waals surface area contributed by atoms with E-state index >= 15 is 0 Å². The lowest BCUT2D eigenvalue weighted by molar-refractivity contribution is 0.0789. The summed E-state index contributed by atoms with van der Waals surface area (Å²) in [5.41, 5.74) is 2.61. The van der Waals surface area contributed by atoms with E-state index in [9.17, 15) is 13.2 Å². The van der Waals surface area contributed by atoms with Gasteiger partial charge in [-0.25, -0.2) is 13.1 Å². The molecule has 6 nitrogen and oxygen atoms in total. The predicted octanol–water partition coefficient (Wildman–Crippen LogP) is 4.11. The topological polar surface area (TPSA) is 69.7 Å². The van der Waals surface area contributed by atoms with Gasteiger partial charge in [0.25, 0.3) is 5.91 Å². The lowest BCUT2D eigenvalue weighted by atomic mass is 10.1. The van der Waals surface area contributed by atoms with E-state index in [0.717, 1.165) is 56.0 Å². The average Bonchev–Trinajstić information content (AvgIpc) is 3.38. The molecule has 4 rings (SSSR count). The van der Waals surface area contributed by atoms with E-state index in [2.05, 4.69) is 21.8 Å². The van der Waals surface area contributed by atoms with Crippen molar-refractivity contribution in [3.8, 4) is 0 Å². The number of likely N-dealkylation sites (tertiary alicyclic amines) is 2. The van der Waals surface area contributed by atoms with E-state index in [1.165, 1.54) is 42.7 Å². The number of benzene rings is 2. The van der Waals surface area contributed by atoms with Crippen LogP contribution in [0.3, 0.4) is 0 Å². The fourth-order valence-corrected chi connectivity index (χ4v) is 6.20. The molecule has 2 aromatic carbocycles. The zero-order chi connectivity index (χ0) is 23.3. The van der Waals surface area contributed by atoms with Crippen LogP contribution in [0.4, 0.5) is 0 Å². The number of hydrogen-bond acceptors (Lipinski definition) is 5. The Bertz CT molecular complexity index is 1080. The first-order chi connectivity index (χ1) is 16.0. The van der Waals surface area contributed by atoms with Gasteiger partial charge in [0.05, 0.1) is 10.5 Å². The highest BCUT2D eigenvalue weighted by Crippen LogP contribution is 2.26. The second-order valence-electron chi connectivity index (χ2n) is 8.84. The molecule has 0 radical (unpaired) electrons. The molecule has 178 valence electrons. The molecular weight excluding hydrogens is 454 g/mol. The van der Waals surface area contributed by atoms with Crippen molar-refractivity contribution >= 4 is 27.7 Å². The van der Waals surface area contributed by atoms with E-state index in [0.29, 0.717) is 5.56 Å². The van der Waals surface area contributed by atoms with Crippen LogP contribution in [0.2, 0.25) is 0 Å². The summed E-state index contributed by atoms with van der Waals surface area (Å²) < 4.78 is 28.8. The van der Waals surface area contributed by atoms with Gasteiger partial charge in [-0.1, -0.05) is 30.7 Å². The quantitative estimate of drug-likeness (QED) is 0.568. The third kappa shape index (κ3) is 6.18. The Hall–Kier alpha value is -1.87. The zero-order valence-corrected chi connectivity index (χ0v) is 20.9. The largest absolute Gasteiger partial charge is 0.339 e. The van der Waals surface area contributed by atoms with Crippen LogP contribution in [-0.4, -0.2) is 56.6 Å². The minimum absolute atomic E-state index is 0.0840. The van der Waals surface area contributed by atoms with E-state index < -0.39 is 10.0 Å². The van der Waals surface area contributed by atoms with Crippen LogP contribution in [0.5, 0.6) is 0 Å². The lowest BCUT2D eigenvalue weighted by Gasteiger charge is -2.26. The Kier molecular flexibility index (Phi) is 8.11. The number of sulfonamides is 1. The highest BCUT2D eigenvalue weighted by atomic mass is 32.2. The molecule has 0 spiro atoms. The van der Waals surface area contributed by atoms with Gasteiger partial charge in [-0.3, -0.25) is 9.69 Å². The SMILES string of the molecule is CSc1ccc(S(=O)(=O)NCc2cccc(CN3CCCCC3)c2)cc1C(=O)N1CCCC1. The molecule has 0 saturated carbocycles. The number of carbonyl (C=O) groups is 1. The van der Waals surface area contributed by atoms with E-state index in [4.69, 9.17) is 0 Å². The third-order valence-corrected chi connectivity index (χ3v) is 8.61. The van der Waals surface area contributed by atoms with Crippen molar-refractivity contribution in [2.45, 2.75) is 55.0 Å². The van der Waals surface area contributed by atoms with Crippen LogP contribution in [0.25, 0.3) is 0 Å². The Morgan fingerprint density at radius 3 is 2.36 bits per heavy atom. The van der Waals surface area contributed by atoms with Gasteiger partial charge in [-0.15, -0.1) is 11.8 Å². The molecule has 0 bridgehead atoms. The van der Waals surface area contributed by atoms with E-state index in [-0.39, 0.29) is 17.3 Å². The van der Waals surface area contributed by atoms with Crippen LogP contribution in [0, 0.1) is 0 Å². The Labute approximate surface area is 201 Å². The number of rotatable bonds is 8. The highest BCUT2D eigenvalue weighted by Gasteiger charge is 2.24. The summed E-state index contributed by atoms with van der Waals surface area (Å²) >= 11 is 1.46. The van der Waals surface area contributed by atoms with Crippen LogP contribution in [0.15, 0.2) is 52.3 Å². The molecule has 33 heavy (non-hydrogen) atoms. The van der Waals surface area contributed by atoms with Crippen molar-refractivity contribution in [3.63, 3.8) is 0 Å². The van der Waals surface area contributed by atoms with Crippen molar-refractivity contribution in [2.24, 2.45) is 0 Å². The van der Waals surface area contributed by atoms with E-state index in [1.807, 2.05) is 23.3 Å². The fraction of sp³-hybridized carbons (Fsp3) is 0.480. The van der Waals surface area contributed by atoms with E-state index in [1.54, 1.807) is 12.1 Å². The lowest BCUT2D eigenvalue weighted by Crippen LogP contribution is -2.29. The van der Waals surface area contributed by atoms with Gasteiger partial charge in [0.15, 0.2) is 0 Å². The Morgan fingerprint density at radius 2 is 1.64 bits per heavy atom. The van der Waals surface area contributed by atoms with Gasteiger partial charge in [-0.05, 0) is 74.4 Å². The second kappa shape index (κ2) is 11.0. The number of nitrogens with one attached hydrogen (secondary N) is 1. The van der Waals surface area contributed by atoms with Gasteiger partial charge in [-0.2, -0.15) is 0 Å². The molecule has 1 amide bonds. The van der Waals surface area contributed by atoms with Crippen molar-refractivity contribution < 1.29 is 13.2 Å². The minimum atomic E-state index is -3.74. The summed E-state index contributed by atoms with van der Waals surface area (Å²) in [6.45, 7) is 4.84. The maximum Gasteiger partial charge on any atom is 0.255 e. The molecule has 2 aliphatic rings. The first-order valence-corrected chi connectivity index (χ1v) is 14.4. The summed E-state index contributed by atoms with van der Waals surface area (Å²) in [7, 11) is -3.74. The normalized spacial score (nSPS) is 17.4. The molecule has 2 aromatic rings. The maximum atomic E-state index is 13.1. The Morgan fingerprint density at radius 1 is 0.939 bits per heavy atom. The monoisotopic (exact) mass is 487 g/mol. The third-order valence-electron chi connectivity index (χ3n) is 6.42. The number of hydrogen-bond donors (Lipinski definition) is 1. The summed E-state index contributed by atoms with van der Waals surface area (Å²) in [5, 5.41) is 0. The van der Waals surface area contributed by atoms with Gasteiger partial charge in [0, 0.05) is 31.1 Å². The molecule has 0 aliphatic carbocycles. The number of thioether (sulfide) groups is 1. The molecule has 2 saturated heterocycles. The molecule has 2 heterocycles. The zero-order valence-electron chi connectivity index (χ0n) is 19.3. The first-order valence-electron chi connectivity index (χ1n) is 11.7. The van der Waals surface area contributed by atoms with Gasteiger partial charge in [0.1, 0.15) is 0 Å². The standard InChI is InChI=1S/C25H33N3O3S2/c1-32-24-11-10-22(17-23(24)25(29)28-14-5-6-15-28)33(30,31)26-18-20-8-7-9-21(16-20)19-27-12-3-2-4-13-27/h7-11,16-17,26H,2-6,12-15,18-19H2,1H3. The number of piperidine rings is 1. The molecule has 0 aromatic heterocycles. The summed E-state index contributed by atoms with van der Waals surface area (Å²) in [4.78, 5) is 18.2. The first kappa shape index (κ1) is 24.3. The van der Waals surface area contributed by atoms with Crippen LogP contribution in [-0.2, 0) is 23.1 Å². The summed E-state index contributed by atoms with van der Waals surface area (Å²) in [5.74, 6) is -0.0840. The summed E-state index contributed by atoms with van der Waals surface area (Å²) in [6, 6.07) is 13.0. The van der Waals surface area contributed by atoms with Crippen molar-refractivity contribution in [1.29, 1.82) is 0 Å². The van der Waals surface area contributed by atoms with Crippen molar-refractivity contribution in [1.82, 2.24) is 14.5 Å². The molecular formula is C25H33N3O3S2. The fourth-order valence-electron chi connectivity index (χ4n) is 4.59. The van der Waals surface area contributed by atoms with Crippen molar-refractivity contribution in [3.05, 3.63) is 59.2 Å². The average molecular weight is 488 g/mol. The minimum Gasteiger partial charge on any atom is -0.339 e. The van der Waals surface area contributed by atoms with Gasteiger partial charge < -0.3 is 4.90 Å². The maximum absolute atomic E-state index is 13.1. The van der Waals surface area contributed by atoms with Crippen LogP contribution >= 0.6 is 11.8 Å². The molecule has 0 atom stereocenters. The van der Waals surface area contributed by atoms with Crippen LogP contribution in [0.1, 0.15) is 53.6 Å². The molecule has 1 N–H and O–H groups in total. The molecule has 2 fully saturated rings. The smallest absolute Gasteiger partial charge is 0.255 e. The number of amides is 1. The highest BCUT2D eigenvalue weighted by molar-refractivity contribution is 7.98. The molecule has 0 unspecified atom stereocenters. The Balaban J connectivity index is 1.46. The second-order valence-corrected chi connectivity index (χ2v) is 11.5. The van der Waals surface area contributed by atoms with Gasteiger partial charge >= 0.3 is 0 Å².